The molecular formula is C24H50N4O16+4. The van der Waals surface area contributed by atoms with E-state index in [0.717, 1.165) is 0 Å². The number of quaternary nitrogens is 4. The third-order valence-electron chi connectivity index (χ3n) is 8.87. The van der Waals surface area contributed by atoms with E-state index in [9.17, 15) is 51.1 Å². The van der Waals surface area contributed by atoms with Gasteiger partial charge in [0, 0.05) is 0 Å². The van der Waals surface area contributed by atoms with Crippen molar-refractivity contribution in [3.63, 3.8) is 0 Å². The fraction of sp³-hybridized carbons (Fsp3) is 1.00. The lowest BCUT2D eigenvalue weighted by Crippen LogP contribution is -2.84. The summed E-state index contributed by atoms with van der Waals surface area (Å²) < 4.78 is 34.5. The fourth-order valence-corrected chi connectivity index (χ4v) is 6.08. The molecule has 1 saturated carbocycles. The summed E-state index contributed by atoms with van der Waals surface area (Å²) in [5.41, 5.74) is 15.6. The molecule has 20 atom stereocenters. The Labute approximate surface area is 251 Å². The van der Waals surface area contributed by atoms with Crippen LogP contribution in [0, 0.1) is 0 Å². The first-order valence-corrected chi connectivity index (χ1v) is 14.6. The Morgan fingerprint density at radius 3 is 1.59 bits per heavy atom. The molecule has 0 radical (unpaired) electrons. The summed E-state index contributed by atoms with van der Waals surface area (Å²) in [7, 11) is 0. The van der Waals surface area contributed by atoms with Crippen LogP contribution in [0.15, 0.2) is 0 Å². The average molecular weight is 651 g/mol. The van der Waals surface area contributed by atoms with Crippen molar-refractivity contribution in [1.29, 1.82) is 0 Å². The molecule has 4 aliphatic rings. The molecule has 20 nitrogen and oxygen atoms in total. The van der Waals surface area contributed by atoms with Crippen LogP contribution in [0.4, 0.5) is 0 Å². The lowest BCUT2D eigenvalue weighted by Gasteiger charge is -2.48. The summed E-state index contributed by atoms with van der Waals surface area (Å²) in [6.07, 6.45) is -24.6. The van der Waals surface area contributed by atoms with E-state index in [2.05, 4.69) is 22.9 Å². The van der Waals surface area contributed by atoms with E-state index >= 15 is 0 Å². The molecule has 0 unspecified atom stereocenters. The quantitative estimate of drug-likeness (QED) is 0.110. The van der Waals surface area contributed by atoms with Crippen molar-refractivity contribution in [2.75, 3.05) is 19.8 Å². The smallest absolute Gasteiger partial charge is 0.214 e. The normalized spacial score (nSPS) is 53.9. The molecule has 0 aromatic rings. The largest absolute Gasteiger partial charge is 0.394 e. The Morgan fingerprint density at radius 1 is 0.500 bits per heavy atom. The Bertz CT molecular complexity index is 910. The van der Waals surface area contributed by atoms with Gasteiger partial charge in [-0.05, 0) is 0 Å². The van der Waals surface area contributed by atoms with Crippen LogP contribution in [-0.4, -0.2) is 193 Å². The van der Waals surface area contributed by atoms with Crippen LogP contribution < -0.4 is 22.9 Å². The maximum Gasteiger partial charge on any atom is 0.214 e. The van der Waals surface area contributed by atoms with Crippen LogP contribution >= 0.6 is 0 Å². The number of hydrogen-bond donors (Lipinski definition) is 14. The van der Waals surface area contributed by atoms with Gasteiger partial charge in [-0.25, -0.2) is 0 Å². The lowest BCUT2D eigenvalue weighted by atomic mass is 9.84. The highest BCUT2D eigenvalue weighted by Gasteiger charge is 2.56. The minimum Gasteiger partial charge on any atom is -0.394 e. The second kappa shape index (κ2) is 15.0. The standard InChI is InChI=1S/C24H46N4O16/c25-2-7-12(32)14(34)10(28)22(39-7)42-19-6(27)1-5(26)11(31)21(19)44-24-18(38)16(36)20(9(4-30)41-24)43-23-17(37)15(35)13(33)8(3-29)40-23/h5-24,29-38H,1-4,25-28H2/p+4/t5-,6+,7-,8-,9-,10-,11+,12-,13+,14-,15+,16+,17-,18-,19-,20-,21-,22-,23+,24+/m1/s1. The van der Waals surface area contributed by atoms with Crippen molar-refractivity contribution >= 4 is 0 Å². The molecule has 0 spiro atoms. The molecule has 3 aliphatic heterocycles. The summed E-state index contributed by atoms with van der Waals surface area (Å²) in [6, 6.07) is -2.12. The van der Waals surface area contributed by atoms with E-state index in [1.807, 2.05) is 0 Å². The van der Waals surface area contributed by atoms with Crippen LogP contribution in [-0.2, 0) is 28.4 Å². The van der Waals surface area contributed by atoms with Gasteiger partial charge in [-0.15, -0.1) is 0 Å². The van der Waals surface area contributed by atoms with E-state index in [1.165, 1.54) is 0 Å². The highest BCUT2D eigenvalue weighted by Crippen LogP contribution is 2.33. The van der Waals surface area contributed by atoms with Crippen LogP contribution in [0.2, 0.25) is 0 Å². The highest BCUT2D eigenvalue weighted by atomic mass is 16.8. The summed E-state index contributed by atoms with van der Waals surface area (Å²) in [5.74, 6) is 0. The Kier molecular flexibility index (Phi) is 12.3. The van der Waals surface area contributed by atoms with Crippen molar-refractivity contribution < 1.29 is 102 Å². The van der Waals surface area contributed by atoms with Crippen molar-refractivity contribution in [2.24, 2.45) is 0 Å². The Morgan fingerprint density at radius 2 is 1.00 bits per heavy atom. The molecule has 258 valence electrons. The molecule has 3 heterocycles. The van der Waals surface area contributed by atoms with E-state index in [4.69, 9.17) is 28.4 Å². The summed E-state index contributed by atoms with van der Waals surface area (Å²) in [5, 5.41) is 104. The van der Waals surface area contributed by atoms with Crippen molar-refractivity contribution in [1.82, 2.24) is 0 Å². The van der Waals surface area contributed by atoms with E-state index < -0.39 is 136 Å². The predicted molar refractivity (Wildman–Crippen MR) is 135 cm³/mol. The van der Waals surface area contributed by atoms with Crippen molar-refractivity contribution in [3.05, 3.63) is 0 Å². The van der Waals surface area contributed by atoms with Gasteiger partial charge in [-0.3, -0.25) is 0 Å². The van der Waals surface area contributed by atoms with Gasteiger partial charge in [0.15, 0.2) is 18.6 Å². The molecule has 4 rings (SSSR count). The highest BCUT2D eigenvalue weighted by molar-refractivity contribution is 4.98. The summed E-state index contributed by atoms with van der Waals surface area (Å²) in [4.78, 5) is 0. The Hall–Kier alpha value is -0.800. The average Bonchev–Trinajstić information content (AvgIpc) is 3.00. The second-order valence-corrected chi connectivity index (χ2v) is 11.9. The topological polar surface area (TPSA) is 368 Å². The van der Waals surface area contributed by atoms with Gasteiger partial charge >= 0.3 is 0 Å². The molecule has 0 aromatic heterocycles. The minimum absolute atomic E-state index is 0.113. The molecule has 4 fully saturated rings. The molecule has 0 aromatic carbocycles. The summed E-state index contributed by atoms with van der Waals surface area (Å²) in [6.45, 7) is -1.41. The fourth-order valence-electron chi connectivity index (χ4n) is 6.08. The molecule has 0 amide bonds. The minimum atomic E-state index is -1.87. The number of hydrogen-bond acceptors (Lipinski definition) is 16. The van der Waals surface area contributed by atoms with E-state index in [0.29, 0.717) is 0 Å². The third-order valence-corrected chi connectivity index (χ3v) is 8.87. The number of aliphatic hydroxyl groups excluding tert-OH is 10. The maximum absolute atomic E-state index is 11.1. The molecule has 3 saturated heterocycles. The zero-order valence-corrected chi connectivity index (χ0v) is 24.1. The monoisotopic (exact) mass is 650 g/mol. The SMILES string of the molecule is [NH3+]C[C@H]1O[C@H](O[C@H]2[C@H](O[C@@H]3O[C@H](CO)[C@@H](O[C@@H]4O[C@H](CO)[C@H](O)[C@H](O)[C@H]4O)[C@@H](O)[C@H]3O)[C@@H](O)[C@H]([NH3+])C[C@@H]2[NH3+])[C@H]([NH3+])[C@@H](O)[C@@H]1O. The van der Waals surface area contributed by atoms with E-state index in [1.54, 1.807) is 0 Å². The predicted octanol–water partition coefficient (Wildman–Crippen LogP) is -12.3. The first-order valence-electron chi connectivity index (χ1n) is 14.6. The van der Waals surface area contributed by atoms with Gasteiger partial charge in [-0.1, -0.05) is 0 Å². The maximum atomic E-state index is 11.1. The van der Waals surface area contributed by atoms with Crippen molar-refractivity contribution in [3.8, 4) is 0 Å². The first-order chi connectivity index (χ1) is 20.7. The zero-order valence-electron chi connectivity index (χ0n) is 24.1. The zero-order chi connectivity index (χ0) is 32.6. The lowest BCUT2D eigenvalue weighted by molar-refractivity contribution is -0.537. The molecule has 22 N–H and O–H groups in total. The van der Waals surface area contributed by atoms with Crippen LogP contribution in [0.5, 0.6) is 0 Å². The number of aliphatic hydroxyl groups is 10. The van der Waals surface area contributed by atoms with Crippen LogP contribution in [0.1, 0.15) is 6.42 Å². The van der Waals surface area contributed by atoms with Gasteiger partial charge in [0.05, 0.1) is 19.6 Å². The second-order valence-electron chi connectivity index (χ2n) is 11.9. The number of ether oxygens (including phenoxy) is 6. The van der Waals surface area contributed by atoms with Gasteiger partial charge < -0.3 is 102 Å². The molecule has 1 aliphatic carbocycles. The molecular weight excluding hydrogens is 600 g/mol. The molecule has 0 bridgehead atoms. The van der Waals surface area contributed by atoms with Gasteiger partial charge in [0.25, 0.3) is 0 Å². The number of rotatable bonds is 9. The molecule has 44 heavy (non-hydrogen) atoms. The Balaban J connectivity index is 1.50. The summed E-state index contributed by atoms with van der Waals surface area (Å²) >= 11 is 0. The van der Waals surface area contributed by atoms with E-state index in [-0.39, 0.29) is 13.0 Å². The van der Waals surface area contributed by atoms with Crippen LogP contribution in [0.25, 0.3) is 0 Å². The van der Waals surface area contributed by atoms with Gasteiger partial charge in [0.1, 0.15) is 104 Å². The van der Waals surface area contributed by atoms with Gasteiger partial charge in [-0.2, -0.15) is 0 Å². The van der Waals surface area contributed by atoms with Crippen LogP contribution in [0.3, 0.4) is 0 Å². The first kappa shape index (κ1) is 36.0. The van der Waals surface area contributed by atoms with Crippen molar-refractivity contribution in [2.45, 2.75) is 129 Å². The third kappa shape index (κ3) is 7.05. The molecule has 20 heteroatoms. The van der Waals surface area contributed by atoms with Gasteiger partial charge in [0.2, 0.25) is 6.29 Å².